The molecule has 3 atom stereocenters. The molecule has 0 aliphatic carbocycles. The molecule has 0 aromatic carbocycles. The maximum absolute atomic E-state index is 10.2. The van der Waals surface area contributed by atoms with Crippen LogP contribution < -0.4 is 23.8 Å². The van der Waals surface area contributed by atoms with E-state index in [1.165, 1.54) is 6.92 Å². The second kappa shape index (κ2) is 8.21. The van der Waals surface area contributed by atoms with Crippen LogP contribution in [0.15, 0.2) is 0 Å². The van der Waals surface area contributed by atoms with E-state index in [0.717, 1.165) is 0 Å². The van der Waals surface area contributed by atoms with E-state index in [0.29, 0.717) is 0 Å². The van der Waals surface area contributed by atoms with Gasteiger partial charge in [0, 0.05) is 4.57 Å². The second-order valence-corrected chi connectivity index (χ2v) is 2.79. The Morgan fingerprint density at radius 2 is 1.92 bits per heavy atom. The Labute approximate surface area is 82.0 Å². The van der Waals surface area contributed by atoms with Gasteiger partial charge in [-0.05, 0) is 11.5 Å². The van der Waals surface area contributed by atoms with Crippen molar-refractivity contribution in [3.05, 3.63) is 0 Å². The third-order valence-electron chi connectivity index (χ3n) is 0.536. The summed E-state index contributed by atoms with van der Waals surface area (Å²) in [6.07, 6.45) is -1.24. The summed E-state index contributed by atoms with van der Waals surface area (Å²) in [5, 5.41) is 7.70. The fourth-order valence-electron chi connectivity index (χ4n) is 0.281. The third-order valence-corrected chi connectivity index (χ3v) is 1.61. The van der Waals surface area contributed by atoms with Crippen LogP contribution in [0.4, 0.5) is 0 Å². The van der Waals surface area contributed by atoms with Crippen LogP contribution in [0.5, 0.6) is 0 Å². The summed E-state index contributed by atoms with van der Waals surface area (Å²) in [7, 11) is -5.80. The summed E-state index contributed by atoms with van der Waals surface area (Å²) in [6, 6.07) is 0. The Kier molecular flexibility index (Phi) is 10.3. The van der Waals surface area contributed by atoms with E-state index in [2.05, 4.69) is 13.7 Å². The summed E-state index contributed by atoms with van der Waals surface area (Å²) < 4.78 is 31.3. The number of rotatable bonds is 5. The van der Waals surface area contributed by atoms with Crippen LogP contribution in [0, 0.1) is 0 Å². The maximum atomic E-state index is 10.2. The number of hydrogen-bond acceptors (Lipinski definition) is 7. The van der Waals surface area contributed by atoms with Crippen LogP contribution in [0.3, 0.4) is 0 Å². The van der Waals surface area contributed by atoms with E-state index in [-0.39, 0.29) is 18.9 Å². The Hall–Kier alpha value is 0.597. The first kappa shape index (κ1) is 15.1. The summed E-state index contributed by atoms with van der Waals surface area (Å²) in [6.45, 7) is 1.18. The Morgan fingerprint density at radius 1 is 1.42 bits per heavy atom. The molecule has 0 saturated carbocycles. The Balaban J connectivity index is 0. The Bertz CT molecular complexity index is 161. The van der Waals surface area contributed by atoms with E-state index in [9.17, 15) is 14.0 Å². The summed E-state index contributed by atoms with van der Waals surface area (Å²) in [4.78, 5) is 9.82. The molecule has 0 heterocycles. The first-order valence-electron chi connectivity index (χ1n) is 2.33. The maximum Gasteiger partial charge on any atom is 1.00 e. The van der Waals surface area contributed by atoms with Crippen LogP contribution >= 0.6 is 16.5 Å². The monoisotopic (exact) mass is 210 g/mol. The van der Waals surface area contributed by atoms with Gasteiger partial charge in [-0.1, -0.05) is 4.52 Å². The van der Waals surface area contributed by atoms with Crippen LogP contribution in [-0.2, 0) is 22.9 Å². The fraction of sp³-hybridized carbons (Fsp3) is 1.00. The smallest absolute Gasteiger partial charge is 0.566 e. The van der Waals surface area contributed by atoms with E-state index >= 15 is 0 Å². The van der Waals surface area contributed by atoms with Gasteiger partial charge in [0.2, 0.25) is 0 Å². The molecule has 0 amide bonds. The van der Waals surface area contributed by atoms with Gasteiger partial charge in [0.25, 0.3) is 6.29 Å². The predicted molar refractivity (Wildman–Crippen MR) is 30.6 cm³/mol. The molecule has 0 saturated heterocycles. The zero-order chi connectivity index (χ0) is 8.85. The normalized spacial score (nSPS) is 14.6. The predicted octanol–water partition coefficient (Wildman–Crippen LogP) is -2.47. The third kappa shape index (κ3) is 8.69. The van der Waals surface area contributed by atoms with Crippen molar-refractivity contribution in [1.29, 1.82) is 0 Å². The molecule has 3 unspecified atom stereocenters. The van der Waals surface area contributed by atoms with Gasteiger partial charge in [0.05, 0.1) is 4.67 Å². The molecule has 0 radical (unpaired) electrons. The molecular weight excluding hydrogens is 205 g/mol. The van der Waals surface area contributed by atoms with E-state index in [1.807, 2.05) is 0 Å². The Morgan fingerprint density at radius 3 is 2.25 bits per heavy atom. The van der Waals surface area contributed by atoms with Crippen molar-refractivity contribution in [2.45, 2.75) is 13.2 Å². The molecule has 7 nitrogen and oxygen atoms in total. The molecule has 12 heavy (non-hydrogen) atoms. The first-order valence-corrected chi connectivity index (χ1v) is 4.52. The average molecular weight is 210 g/mol. The van der Waals surface area contributed by atoms with Crippen molar-refractivity contribution in [3.63, 3.8) is 0 Å². The topological polar surface area (TPSA) is 105 Å². The van der Waals surface area contributed by atoms with Crippen molar-refractivity contribution >= 4 is 16.5 Å². The van der Waals surface area contributed by atoms with Gasteiger partial charge >= 0.3 is 35.4 Å². The second-order valence-electron chi connectivity index (χ2n) is 1.31. The molecule has 0 fully saturated rings. The van der Waals surface area contributed by atoms with Crippen molar-refractivity contribution < 1.29 is 51.9 Å². The average Bonchev–Trinajstić information content (AvgIpc) is 1.85. The summed E-state index contributed by atoms with van der Waals surface area (Å²) >= 11 is 0. The van der Waals surface area contributed by atoms with Gasteiger partial charge in [-0.15, -0.1) is 4.52 Å². The van der Waals surface area contributed by atoms with Crippen LogP contribution in [0.2, 0.25) is 0 Å². The molecule has 0 rings (SSSR count). The van der Waals surface area contributed by atoms with Gasteiger partial charge < -0.3 is 4.89 Å². The molecule has 0 aliphatic rings. The molecule has 10 heteroatoms. The molecule has 0 aliphatic heterocycles. The molecule has 0 bridgehead atoms. The summed E-state index contributed by atoms with van der Waals surface area (Å²) in [5.41, 5.74) is 0. The van der Waals surface area contributed by atoms with Crippen LogP contribution in [-0.4, -0.2) is 11.5 Å². The van der Waals surface area contributed by atoms with Crippen molar-refractivity contribution in [2.75, 3.05) is 0 Å². The molecule has 0 spiro atoms. The van der Waals surface area contributed by atoms with Gasteiger partial charge in [0.15, 0.2) is 0 Å². The van der Waals surface area contributed by atoms with E-state index in [4.69, 9.17) is 5.26 Å². The molecule has 1 N–H and O–H groups in total. The standard InChI is InChI=1S/C2H4O7P2.Li/c1-2(7-10(4)5)8-11(6)9-3;/h2H,1H3;/q;+1/p+1. The molecular formula is C2H5LiO7P2+2. The largest absolute Gasteiger partial charge is 1.00 e. The van der Waals surface area contributed by atoms with Crippen molar-refractivity contribution in [1.82, 2.24) is 0 Å². The minimum absolute atomic E-state index is 0. The quantitative estimate of drug-likeness (QED) is 0.176. The fourth-order valence-corrected chi connectivity index (χ4v) is 0.958. The zero-order valence-corrected chi connectivity index (χ0v) is 8.16. The van der Waals surface area contributed by atoms with Gasteiger partial charge in [-0.25, -0.2) is 5.26 Å². The van der Waals surface area contributed by atoms with Gasteiger partial charge in [-0.3, -0.25) is 0 Å². The van der Waals surface area contributed by atoms with Gasteiger partial charge in [-0.2, -0.15) is 0 Å². The zero-order valence-electron chi connectivity index (χ0n) is 6.37. The van der Waals surface area contributed by atoms with Crippen molar-refractivity contribution in [3.8, 4) is 0 Å². The minimum Gasteiger partial charge on any atom is -0.566 e. The summed E-state index contributed by atoms with van der Waals surface area (Å²) in [5.74, 6) is 0. The van der Waals surface area contributed by atoms with E-state index in [1.54, 1.807) is 0 Å². The molecule has 64 valence electrons. The number of hydrogen-bond donors (Lipinski definition) is 1. The first-order chi connectivity index (χ1) is 5.06. The van der Waals surface area contributed by atoms with E-state index < -0.39 is 22.8 Å². The minimum atomic E-state index is -3.07. The van der Waals surface area contributed by atoms with Gasteiger partial charge in [0.1, 0.15) is 0 Å². The van der Waals surface area contributed by atoms with Crippen LogP contribution in [0.25, 0.3) is 0 Å². The SMILES string of the molecule is CC(O[P+](=O)[O-])O[P+](=O)OO.[Li+]. The van der Waals surface area contributed by atoms with Crippen molar-refractivity contribution in [2.24, 2.45) is 0 Å². The van der Waals surface area contributed by atoms with Crippen LogP contribution in [0.1, 0.15) is 6.92 Å². The molecule has 0 aromatic heterocycles. The molecule has 0 aromatic rings.